The maximum atomic E-state index is 3.34. The van der Waals surface area contributed by atoms with Gasteiger partial charge in [-0.15, -0.1) is 11.8 Å². The zero-order valence-corrected chi connectivity index (χ0v) is 12.4. The third-order valence-corrected chi connectivity index (χ3v) is 3.64. The summed E-state index contributed by atoms with van der Waals surface area (Å²) in [5.74, 6) is 1.20. The molecule has 1 rings (SSSR count). The Morgan fingerprint density at radius 1 is 1.12 bits per heavy atom. The van der Waals surface area contributed by atoms with Gasteiger partial charge in [0.05, 0.1) is 0 Å². The molecule has 0 fully saturated rings. The van der Waals surface area contributed by atoms with Crippen molar-refractivity contribution in [3.05, 3.63) is 29.8 Å². The normalized spacial score (nSPS) is 11.8. The van der Waals surface area contributed by atoms with Crippen LogP contribution in [0.2, 0.25) is 0 Å². The minimum absolute atomic E-state index is 0.442. The van der Waals surface area contributed by atoms with E-state index in [2.05, 4.69) is 57.3 Å². The largest absolute Gasteiger partial charge is 0.313 e. The summed E-state index contributed by atoms with van der Waals surface area (Å²) in [6, 6.07) is 8.92. The fourth-order valence-corrected chi connectivity index (χ4v) is 2.73. The lowest BCUT2D eigenvalue weighted by molar-refractivity contribution is 0.401. The highest BCUT2D eigenvalue weighted by atomic mass is 32.2. The van der Waals surface area contributed by atoms with Crippen molar-refractivity contribution in [3.8, 4) is 0 Å². The molecule has 0 aliphatic carbocycles. The van der Waals surface area contributed by atoms with Crippen molar-refractivity contribution in [1.29, 1.82) is 0 Å². The molecule has 0 radical (unpaired) electrons. The van der Waals surface area contributed by atoms with E-state index in [1.54, 1.807) is 0 Å². The molecule has 2 heteroatoms. The van der Waals surface area contributed by atoms with E-state index in [9.17, 15) is 0 Å². The van der Waals surface area contributed by atoms with Gasteiger partial charge in [-0.2, -0.15) is 0 Å². The van der Waals surface area contributed by atoms with Gasteiger partial charge < -0.3 is 5.32 Å². The van der Waals surface area contributed by atoms with E-state index < -0.39 is 0 Å². The topological polar surface area (TPSA) is 12.0 Å². The van der Waals surface area contributed by atoms with Crippen LogP contribution >= 0.6 is 11.8 Å². The molecule has 0 amide bonds. The summed E-state index contributed by atoms with van der Waals surface area (Å²) in [6.07, 6.45) is 1.26. The number of benzene rings is 1. The molecule has 0 spiro atoms. The highest BCUT2D eigenvalue weighted by Gasteiger charge is 2.09. The Kier molecular flexibility index (Phi) is 6.07. The van der Waals surface area contributed by atoms with Gasteiger partial charge in [0.15, 0.2) is 0 Å². The summed E-state index contributed by atoms with van der Waals surface area (Å²) in [5, 5.41) is 3.34. The van der Waals surface area contributed by atoms with Gasteiger partial charge >= 0.3 is 0 Å². The van der Waals surface area contributed by atoms with Crippen LogP contribution in [0.5, 0.6) is 0 Å². The first-order chi connectivity index (χ1) is 8.01. The molecule has 1 N–H and O–H groups in total. The lowest BCUT2D eigenvalue weighted by atomic mass is 9.94. The molecule has 0 unspecified atom stereocenters. The quantitative estimate of drug-likeness (QED) is 0.756. The van der Waals surface area contributed by atoms with Crippen molar-refractivity contribution >= 4 is 11.8 Å². The van der Waals surface area contributed by atoms with Crippen molar-refractivity contribution < 1.29 is 0 Å². The summed E-state index contributed by atoms with van der Waals surface area (Å²) < 4.78 is 0. The number of nitrogens with one attached hydrogen (secondary N) is 1. The monoisotopic (exact) mass is 251 g/mol. The second kappa shape index (κ2) is 7.07. The standard InChI is InChI=1S/C15H25NS/c1-5-16-12-13-6-8-14(9-7-13)17-11-10-15(2,3)4/h6-9,16H,5,10-12H2,1-4H3. The van der Waals surface area contributed by atoms with Crippen molar-refractivity contribution in [3.63, 3.8) is 0 Å². The van der Waals surface area contributed by atoms with Gasteiger partial charge in [-0.3, -0.25) is 0 Å². The molecular formula is C15H25NS. The first kappa shape index (κ1) is 14.6. The summed E-state index contributed by atoms with van der Waals surface area (Å²) in [4.78, 5) is 1.38. The molecular weight excluding hydrogens is 226 g/mol. The fourth-order valence-electron chi connectivity index (χ4n) is 1.45. The second-order valence-electron chi connectivity index (χ2n) is 5.58. The fraction of sp³-hybridized carbons (Fsp3) is 0.600. The van der Waals surface area contributed by atoms with Crippen molar-refractivity contribution in [1.82, 2.24) is 5.32 Å². The van der Waals surface area contributed by atoms with E-state index in [1.807, 2.05) is 11.8 Å². The maximum Gasteiger partial charge on any atom is 0.0205 e. The van der Waals surface area contributed by atoms with Crippen LogP contribution in [-0.4, -0.2) is 12.3 Å². The van der Waals surface area contributed by atoms with Gasteiger partial charge in [-0.1, -0.05) is 39.8 Å². The third kappa shape index (κ3) is 6.75. The average molecular weight is 251 g/mol. The Balaban J connectivity index is 2.35. The Hall–Kier alpha value is -0.470. The lowest BCUT2D eigenvalue weighted by Crippen LogP contribution is -2.11. The number of thioether (sulfide) groups is 1. The smallest absolute Gasteiger partial charge is 0.0205 e. The van der Waals surface area contributed by atoms with Gasteiger partial charge in [0.25, 0.3) is 0 Å². The van der Waals surface area contributed by atoms with E-state index in [-0.39, 0.29) is 0 Å². The SMILES string of the molecule is CCNCc1ccc(SCCC(C)(C)C)cc1. The van der Waals surface area contributed by atoms with Gasteiger partial charge in [-0.05, 0) is 41.8 Å². The molecule has 1 aromatic rings. The first-order valence-electron chi connectivity index (χ1n) is 6.44. The number of hydrogen-bond acceptors (Lipinski definition) is 2. The van der Waals surface area contributed by atoms with Gasteiger partial charge in [-0.25, -0.2) is 0 Å². The zero-order chi connectivity index (χ0) is 12.7. The van der Waals surface area contributed by atoms with Crippen molar-refractivity contribution in [2.75, 3.05) is 12.3 Å². The molecule has 96 valence electrons. The Bertz CT molecular complexity index is 311. The molecule has 0 bridgehead atoms. The van der Waals surface area contributed by atoms with Crippen LogP contribution < -0.4 is 5.32 Å². The van der Waals surface area contributed by atoms with Crippen LogP contribution in [0, 0.1) is 5.41 Å². The third-order valence-electron chi connectivity index (χ3n) is 2.62. The molecule has 17 heavy (non-hydrogen) atoms. The minimum atomic E-state index is 0.442. The summed E-state index contributed by atoms with van der Waals surface area (Å²) in [6.45, 7) is 11.0. The summed E-state index contributed by atoms with van der Waals surface area (Å²) in [5.41, 5.74) is 1.81. The molecule has 0 heterocycles. The lowest BCUT2D eigenvalue weighted by Gasteiger charge is -2.17. The van der Waals surface area contributed by atoms with E-state index in [0.717, 1.165) is 13.1 Å². The Morgan fingerprint density at radius 3 is 2.29 bits per heavy atom. The molecule has 1 nitrogen and oxygen atoms in total. The first-order valence-corrected chi connectivity index (χ1v) is 7.42. The second-order valence-corrected chi connectivity index (χ2v) is 6.75. The van der Waals surface area contributed by atoms with Crippen LogP contribution in [0.1, 0.15) is 39.7 Å². The number of hydrogen-bond donors (Lipinski definition) is 1. The van der Waals surface area contributed by atoms with Crippen molar-refractivity contribution in [2.45, 2.75) is 45.6 Å². The van der Waals surface area contributed by atoms with E-state index in [0.29, 0.717) is 5.41 Å². The van der Waals surface area contributed by atoms with E-state index >= 15 is 0 Å². The van der Waals surface area contributed by atoms with E-state index in [4.69, 9.17) is 0 Å². The van der Waals surface area contributed by atoms with Crippen LogP contribution in [0.25, 0.3) is 0 Å². The summed E-state index contributed by atoms with van der Waals surface area (Å²) in [7, 11) is 0. The number of rotatable bonds is 6. The van der Waals surface area contributed by atoms with Crippen LogP contribution in [0.15, 0.2) is 29.2 Å². The van der Waals surface area contributed by atoms with Gasteiger partial charge in [0.2, 0.25) is 0 Å². The predicted molar refractivity (Wildman–Crippen MR) is 78.6 cm³/mol. The van der Waals surface area contributed by atoms with Gasteiger partial charge in [0, 0.05) is 11.4 Å². The molecule has 0 aliphatic heterocycles. The van der Waals surface area contributed by atoms with Crippen LogP contribution in [0.3, 0.4) is 0 Å². The average Bonchev–Trinajstić information content (AvgIpc) is 2.26. The zero-order valence-electron chi connectivity index (χ0n) is 11.5. The molecule has 1 aromatic carbocycles. The molecule has 0 saturated carbocycles. The Morgan fingerprint density at radius 2 is 1.76 bits per heavy atom. The molecule has 0 saturated heterocycles. The highest BCUT2D eigenvalue weighted by Crippen LogP contribution is 2.25. The predicted octanol–water partition coefficient (Wildman–Crippen LogP) is 4.32. The van der Waals surface area contributed by atoms with Gasteiger partial charge in [0.1, 0.15) is 0 Å². The van der Waals surface area contributed by atoms with Crippen LogP contribution in [0.4, 0.5) is 0 Å². The Labute approximate surface area is 110 Å². The van der Waals surface area contributed by atoms with Crippen molar-refractivity contribution in [2.24, 2.45) is 5.41 Å². The van der Waals surface area contributed by atoms with Crippen LogP contribution in [-0.2, 0) is 6.54 Å². The van der Waals surface area contributed by atoms with E-state index in [1.165, 1.54) is 22.6 Å². The molecule has 0 aliphatic rings. The minimum Gasteiger partial charge on any atom is -0.313 e. The summed E-state index contributed by atoms with van der Waals surface area (Å²) >= 11 is 1.96. The molecule has 0 atom stereocenters. The molecule has 0 aromatic heterocycles. The highest BCUT2D eigenvalue weighted by molar-refractivity contribution is 7.99. The maximum absolute atomic E-state index is 3.34.